The van der Waals surface area contributed by atoms with E-state index in [1.54, 1.807) is 16.8 Å². The van der Waals surface area contributed by atoms with Crippen LogP contribution in [0, 0.1) is 5.82 Å². The van der Waals surface area contributed by atoms with Crippen LogP contribution in [0.1, 0.15) is 28.8 Å². The fourth-order valence-electron chi connectivity index (χ4n) is 4.31. The van der Waals surface area contributed by atoms with Crippen LogP contribution in [0.5, 0.6) is 5.75 Å². The molecule has 1 N–H and O–H groups in total. The highest BCUT2D eigenvalue weighted by Gasteiger charge is 2.40. The number of halogens is 2. The minimum atomic E-state index is -0.371. The molecule has 0 saturated heterocycles. The zero-order valence-corrected chi connectivity index (χ0v) is 16.9. The summed E-state index contributed by atoms with van der Waals surface area (Å²) in [7, 11) is 0. The van der Waals surface area contributed by atoms with E-state index in [1.807, 2.05) is 48.5 Å². The van der Waals surface area contributed by atoms with Gasteiger partial charge in [0, 0.05) is 16.2 Å². The average molecular weight is 431 g/mol. The Morgan fingerprint density at radius 1 is 0.968 bits per heavy atom. The molecule has 0 radical (unpaired) electrons. The average Bonchev–Trinajstić information content (AvgIpc) is 3.27. The van der Waals surface area contributed by atoms with Crippen molar-refractivity contribution in [2.75, 3.05) is 5.32 Å². The van der Waals surface area contributed by atoms with E-state index in [0.29, 0.717) is 11.0 Å². The van der Waals surface area contributed by atoms with Crippen LogP contribution in [0.2, 0.25) is 5.02 Å². The maximum Gasteiger partial charge on any atom is 0.226 e. The van der Waals surface area contributed by atoms with E-state index in [-0.39, 0.29) is 18.0 Å². The molecular weight excluding hydrogens is 415 g/mol. The van der Waals surface area contributed by atoms with Gasteiger partial charge in [-0.25, -0.2) is 9.07 Å². The number of benzene rings is 3. The lowest BCUT2D eigenvalue weighted by atomic mass is 9.84. The Morgan fingerprint density at radius 2 is 1.77 bits per heavy atom. The lowest BCUT2D eigenvalue weighted by molar-refractivity contribution is 0.223. The number of ether oxygens (including phenoxy) is 1. The van der Waals surface area contributed by atoms with Gasteiger partial charge in [-0.3, -0.25) is 0 Å². The Hall–Kier alpha value is -3.64. The molecule has 3 aromatic carbocycles. The monoisotopic (exact) mass is 430 g/mol. The number of nitrogens with one attached hydrogen (secondary N) is 1. The maximum absolute atomic E-state index is 13.7. The molecule has 3 heterocycles. The molecule has 0 fully saturated rings. The lowest BCUT2D eigenvalue weighted by Crippen LogP contribution is -2.32. The van der Waals surface area contributed by atoms with Gasteiger partial charge >= 0.3 is 0 Å². The number of hydrogen-bond donors (Lipinski definition) is 1. The van der Waals surface area contributed by atoms with Crippen LogP contribution in [-0.2, 0) is 0 Å². The molecule has 2 atom stereocenters. The third-order valence-electron chi connectivity index (χ3n) is 5.66. The topological polar surface area (TPSA) is 52.0 Å². The summed E-state index contributed by atoms with van der Waals surface area (Å²) in [5, 5.41) is 8.50. The summed E-state index contributed by atoms with van der Waals surface area (Å²) < 4.78 is 22.0. The summed E-state index contributed by atoms with van der Waals surface area (Å²) in [6.45, 7) is 0. The fraction of sp³-hybridized carbons (Fsp3) is 0.0833. The van der Waals surface area contributed by atoms with E-state index in [9.17, 15) is 4.39 Å². The van der Waals surface area contributed by atoms with E-state index < -0.39 is 0 Å². The Balaban J connectivity index is 1.64. The number of aromatic nitrogens is 3. The molecule has 6 rings (SSSR count). The Bertz CT molecular complexity index is 1320. The van der Waals surface area contributed by atoms with Crippen LogP contribution in [0.25, 0.3) is 5.70 Å². The third-order valence-corrected chi connectivity index (χ3v) is 5.90. The molecular formula is C24H16ClFN4O. The molecule has 31 heavy (non-hydrogen) atoms. The zero-order valence-electron chi connectivity index (χ0n) is 16.2. The first-order valence-electron chi connectivity index (χ1n) is 9.86. The van der Waals surface area contributed by atoms with Crippen LogP contribution < -0.4 is 10.1 Å². The highest BCUT2D eigenvalue weighted by atomic mass is 35.5. The van der Waals surface area contributed by atoms with Gasteiger partial charge in [-0.15, -0.1) is 0 Å². The normalized spacial score (nSPS) is 19.0. The molecule has 0 amide bonds. The Morgan fingerprint density at radius 3 is 2.58 bits per heavy atom. The van der Waals surface area contributed by atoms with Gasteiger partial charge in [-0.1, -0.05) is 54.1 Å². The largest absolute Gasteiger partial charge is 0.480 e. The number of rotatable bonds is 2. The van der Waals surface area contributed by atoms with Crippen LogP contribution in [0.3, 0.4) is 0 Å². The minimum absolute atomic E-state index is 0.290. The maximum atomic E-state index is 13.7. The van der Waals surface area contributed by atoms with Crippen molar-refractivity contribution in [3.8, 4) is 5.75 Å². The zero-order chi connectivity index (χ0) is 20.9. The van der Waals surface area contributed by atoms with Crippen molar-refractivity contribution >= 4 is 23.2 Å². The van der Waals surface area contributed by atoms with Gasteiger partial charge in [-0.2, -0.15) is 10.1 Å². The molecule has 0 aliphatic carbocycles. The van der Waals surface area contributed by atoms with E-state index in [2.05, 4.69) is 15.4 Å². The SMILES string of the molecule is Fc1ccc([C@H]2C3=C(Nc4ncnn42)c2cc(Cl)ccc2O[C@H]3c2ccccc2)cc1. The van der Waals surface area contributed by atoms with Gasteiger partial charge in [0.2, 0.25) is 5.95 Å². The van der Waals surface area contributed by atoms with Gasteiger partial charge in [0.25, 0.3) is 0 Å². The van der Waals surface area contributed by atoms with Gasteiger partial charge in [0.15, 0.2) is 0 Å². The van der Waals surface area contributed by atoms with Crippen LogP contribution in [0.4, 0.5) is 10.3 Å². The quantitative estimate of drug-likeness (QED) is 0.447. The first-order valence-corrected chi connectivity index (χ1v) is 10.2. The molecule has 1 aromatic heterocycles. The summed E-state index contributed by atoms with van der Waals surface area (Å²) in [6, 6.07) is 21.7. The second-order valence-electron chi connectivity index (χ2n) is 7.49. The predicted molar refractivity (Wildman–Crippen MR) is 116 cm³/mol. The second-order valence-corrected chi connectivity index (χ2v) is 7.92. The van der Waals surface area contributed by atoms with Crippen molar-refractivity contribution < 1.29 is 9.13 Å². The smallest absolute Gasteiger partial charge is 0.226 e. The summed E-state index contributed by atoms with van der Waals surface area (Å²) in [4.78, 5) is 4.39. The molecule has 0 unspecified atom stereocenters. The van der Waals surface area contributed by atoms with Gasteiger partial charge in [0.1, 0.15) is 30.0 Å². The van der Waals surface area contributed by atoms with E-state index in [1.165, 1.54) is 18.5 Å². The van der Waals surface area contributed by atoms with Crippen molar-refractivity contribution in [2.24, 2.45) is 0 Å². The number of anilines is 1. The number of fused-ring (bicyclic) bond motifs is 3. The highest BCUT2D eigenvalue weighted by molar-refractivity contribution is 6.30. The molecule has 2 aliphatic heterocycles. The Kier molecular flexibility index (Phi) is 4.07. The summed E-state index contributed by atoms with van der Waals surface area (Å²) >= 11 is 6.33. The van der Waals surface area contributed by atoms with E-state index in [0.717, 1.165) is 33.7 Å². The van der Waals surface area contributed by atoms with Crippen LogP contribution >= 0.6 is 11.6 Å². The van der Waals surface area contributed by atoms with E-state index in [4.69, 9.17) is 16.3 Å². The second kappa shape index (κ2) is 6.96. The van der Waals surface area contributed by atoms with Crippen molar-refractivity contribution in [3.05, 3.63) is 112 Å². The molecule has 2 aliphatic rings. The highest BCUT2D eigenvalue weighted by Crippen LogP contribution is 2.50. The predicted octanol–water partition coefficient (Wildman–Crippen LogP) is 5.63. The standard InChI is InChI=1S/C24H16ClFN4O/c25-16-8-11-19-18(12-16)21-20(23(31-19)15-4-2-1-3-5-15)22(14-6-9-17(26)10-7-14)30-24(29-21)27-13-28-30/h1-13,22-23H,(H,27,28,29)/t22-,23-/m0/s1. The summed E-state index contributed by atoms with van der Waals surface area (Å²) in [6.07, 6.45) is 1.14. The van der Waals surface area contributed by atoms with Crippen molar-refractivity contribution in [2.45, 2.75) is 12.1 Å². The molecule has 0 spiro atoms. The molecule has 4 aromatic rings. The molecule has 152 valence electrons. The Labute approximate surface area is 182 Å². The minimum Gasteiger partial charge on any atom is -0.480 e. The molecule has 0 bridgehead atoms. The van der Waals surface area contributed by atoms with Gasteiger partial charge in [-0.05, 0) is 41.5 Å². The molecule has 7 heteroatoms. The van der Waals surface area contributed by atoms with Crippen molar-refractivity contribution in [3.63, 3.8) is 0 Å². The van der Waals surface area contributed by atoms with Crippen LogP contribution in [0.15, 0.2) is 84.7 Å². The van der Waals surface area contributed by atoms with Crippen molar-refractivity contribution in [1.29, 1.82) is 0 Å². The first-order chi connectivity index (χ1) is 15.2. The van der Waals surface area contributed by atoms with Crippen molar-refractivity contribution in [1.82, 2.24) is 14.8 Å². The summed E-state index contributed by atoms with van der Waals surface area (Å²) in [5.41, 5.74) is 4.60. The summed E-state index contributed by atoms with van der Waals surface area (Å²) in [5.74, 6) is 1.05. The van der Waals surface area contributed by atoms with Crippen LogP contribution in [-0.4, -0.2) is 14.8 Å². The van der Waals surface area contributed by atoms with E-state index >= 15 is 0 Å². The lowest BCUT2D eigenvalue weighted by Gasteiger charge is -2.39. The number of nitrogens with zero attached hydrogens (tertiary/aromatic N) is 3. The van der Waals surface area contributed by atoms with Gasteiger partial charge in [0.05, 0.1) is 5.70 Å². The molecule has 5 nitrogen and oxygen atoms in total. The number of hydrogen-bond acceptors (Lipinski definition) is 4. The fourth-order valence-corrected chi connectivity index (χ4v) is 4.48. The first kappa shape index (κ1) is 18.2. The molecule has 0 saturated carbocycles. The van der Waals surface area contributed by atoms with Gasteiger partial charge < -0.3 is 10.1 Å². The third kappa shape index (κ3) is 2.91.